The van der Waals surface area contributed by atoms with Gasteiger partial charge in [0.15, 0.2) is 14.6 Å². The molecule has 1 heterocycles. The van der Waals surface area contributed by atoms with Crippen LogP contribution < -0.4 is 10.2 Å². The second-order valence-electron chi connectivity index (χ2n) is 7.51. The molecule has 0 radical (unpaired) electrons. The normalized spacial score (nSPS) is 16.5. The molecule has 1 amide bonds. The summed E-state index contributed by atoms with van der Waals surface area (Å²) >= 11 is 6.02. The molecular formula is C22H25ClN2O5S. The fraction of sp³-hybridized carbons (Fsp3) is 0.318. The summed E-state index contributed by atoms with van der Waals surface area (Å²) in [5.41, 5.74) is 2.42. The van der Waals surface area contributed by atoms with E-state index in [9.17, 15) is 18.4 Å². The van der Waals surface area contributed by atoms with Crippen molar-refractivity contribution in [2.45, 2.75) is 29.4 Å². The lowest BCUT2D eigenvalue weighted by molar-refractivity contribution is -0.133. The Morgan fingerprint density at radius 1 is 1.23 bits per heavy atom. The number of likely N-dealkylation sites (tertiary alicyclic amines) is 1. The second-order valence-corrected chi connectivity index (χ2v) is 10.2. The molecule has 166 valence electrons. The van der Waals surface area contributed by atoms with Gasteiger partial charge in [-0.15, -0.1) is 6.58 Å². The van der Waals surface area contributed by atoms with Crippen molar-refractivity contribution in [3.8, 4) is 11.5 Å². The molecule has 0 spiro atoms. The van der Waals surface area contributed by atoms with E-state index in [0.29, 0.717) is 36.2 Å². The molecule has 1 fully saturated rings. The van der Waals surface area contributed by atoms with E-state index in [2.05, 4.69) is 6.58 Å². The van der Waals surface area contributed by atoms with Crippen molar-refractivity contribution in [2.75, 3.05) is 19.6 Å². The zero-order valence-electron chi connectivity index (χ0n) is 17.2. The zero-order valence-corrected chi connectivity index (χ0v) is 18.7. The number of halogens is 1. The van der Waals surface area contributed by atoms with Crippen LogP contribution in [-0.2, 0) is 14.6 Å². The maximum Gasteiger partial charge on any atom is 0.265 e. The number of carbonyl (C=O) groups is 1. The lowest BCUT2D eigenvalue weighted by Crippen LogP contribution is -2.57. The average Bonchev–Trinajstić information content (AvgIpc) is 2.77. The van der Waals surface area contributed by atoms with E-state index in [1.54, 1.807) is 29.8 Å². The van der Waals surface area contributed by atoms with Gasteiger partial charge in [0.1, 0.15) is 11.5 Å². The van der Waals surface area contributed by atoms with Gasteiger partial charge in [-0.2, -0.15) is 0 Å². The Bertz CT molecular complexity index is 1060. The van der Waals surface area contributed by atoms with E-state index in [0.717, 1.165) is 5.56 Å². The summed E-state index contributed by atoms with van der Waals surface area (Å²) in [6.07, 6.45) is 1.87. The Hall–Kier alpha value is -2.39. The van der Waals surface area contributed by atoms with Crippen molar-refractivity contribution in [2.24, 2.45) is 0 Å². The molecule has 0 unspecified atom stereocenters. The van der Waals surface area contributed by atoms with Gasteiger partial charge in [-0.3, -0.25) is 14.9 Å². The smallest absolute Gasteiger partial charge is 0.265 e. The highest BCUT2D eigenvalue weighted by Gasteiger charge is 2.52. The number of sulfone groups is 1. The summed E-state index contributed by atoms with van der Waals surface area (Å²) in [5.74, 6) is 0.105. The summed E-state index contributed by atoms with van der Waals surface area (Å²) < 4.78 is 31.0. The largest absolute Gasteiger partial charge is 0.457 e. The first-order valence-corrected chi connectivity index (χ1v) is 11.7. The molecule has 0 aliphatic carbocycles. The van der Waals surface area contributed by atoms with E-state index in [1.165, 1.54) is 24.3 Å². The van der Waals surface area contributed by atoms with Crippen LogP contribution in [0, 0.1) is 6.92 Å². The highest BCUT2D eigenvalue weighted by Crippen LogP contribution is 2.37. The van der Waals surface area contributed by atoms with Gasteiger partial charge in [0.2, 0.25) is 0 Å². The van der Waals surface area contributed by atoms with Crippen LogP contribution in [-0.4, -0.2) is 48.8 Å². The quantitative estimate of drug-likeness (QED) is 0.368. The molecule has 1 aliphatic rings. The lowest BCUT2D eigenvalue weighted by Gasteiger charge is -2.39. The number of hydroxylamine groups is 1. The highest BCUT2D eigenvalue weighted by atomic mass is 35.5. The van der Waals surface area contributed by atoms with Crippen LogP contribution in [0.3, 0.4) is 0 Å². The molecule has 2 aromatic rings. The van der Waals surface area contributed by atoms with Crippen molar-refractivity contribution in [3.63, 3.8) is 0 Å². The second kappa shape index (κ2) is 9.40. The molecule has 31 heavy (non-hydrogen) atoms. The summed E-state index contributed by atoms with van der Waals surface area (Å²) in [6, 6.07) is 11.1. The Morgan fingerprint density at radius 3 is 2.39 bits per heavy atom. The van der Waals surface area contributed by atoms with E-state index in [-0.39, 0.29) is 17.7 Å². The highest BCUT2D eigenvalue weighted by molar-refractivity contribution is 7.93. The Balaban J connectivity index is 1.86. The minimum atomic E-state index is -4.07. The lowest BCUT2D eigenvalue weighted by atomic mass is 9.95. The van der Waals surface area contributed by atoms with Crippen LogP contribution in [0.4, 0.5) is 0 Å². The fourth-order valence-corrected chi connectivity index (χ4v) is 5.80. The predicted octanol–water partition coefficient (Wildman–Crippen LogP) is 3.74. The number of aryl methyl sites for hydroxylation is 1. The van der Waals surface area contributed by atoms with Crippen molar-refractivity contribution in [1.82, 2.24) is 10.4 Å². The first kappa shape index (κ1) is 23.3. The van der Waals surface area contributed by atoms with E-state index in [1.807, 2.05) is 11.8 Å². The van der Waals surface area contributed by atoms with E-state index >= 15 is 0 Å². The monoisotopic (exact) mass is 464 g/mol. The molecule has 0 saturated carbocycles. The van der Waals surface area contributed by atoms with Gasteiger partial charge in [0.25, 0.3) is 5.91 Å². The summed E-state index contributed by atoms with van der Waals surface area (Å²) in [6.45, 7) is 6.95. The topological polar surface area (TPSA) is 95.9 Å². The van der Waals surface area contributed by atoms with Gasteiger partial charge < -0.3 is 4.74 Å². The number of carbonyl (C=O) groups excluding carboxylic acids is 1. The number of amides is 1. The number of piperidine rings is 1. The number of benzene rings is 2. The maximum absolute atomic E-state index is 13.5. The minimum absolute atomic E-state index is 0.00657. The zero-order chi connectivity index (χ0) is 22.6. The summed E-state index contributed by atoms with van der Waals surface area (Å²) in [5, 5.41) is 9.88. The number of nitrogens with one attached hydrogen (secondary N) is 1. The standard InChI is InChI=1S/C22H25ClN2O5S/c1-3-12-25-13-10-22(11-14-25,21(26)24-27)31(28,29)19-7-4-17(5-8-19)30-18-6-9-20(23)16(2)15-18/h3-9,15,27H,1,10-14H2,2H3,(H,24,26). The summed E-state index contributed by atoms with van der Waals surface area (Å²) in [7, 11) is -4.07. The Kier molecular flexibility index (Phi) is 7.06. The molecule has 1 saturated heterocycles. The molecule has 2 aromatic carbocycles. The van der Waals surface area contributed by atoms with Crippen molar-refractivity contribution >= 4 is 27.3 Å². The maximum atomic E-state index is 13.5. The molecule has 1 aliphatic heterocycles. The number of rotatable bonds is 7. The third kappa shape index (κ3) is 4.62. The van der Waals surface area contributed by atoms with Gasteiger partial charge in [0, 0.05) is 24.7 Å². The van der Waals surface area contributed by atoms with Gasteiger partial charge in [-0.1, -0.05) is 17.7 Å². The van der Waals surface area contributed by atoms with Crippen LogP contribution in [0.2, 0.25) is 5.02 Å². The third-order valence-electron chi connectivity index (χ3n) is 5.58. The fourth-order valence-electron chi connectivity index (χ4n) is 3.73. The minimum Gasteiger partial charge on any atom is -0.457 e. The first-order chi connectivity index (χ1) is 14.7. The summed E-state index contributed by atoms with van der Waals surface area (Å²) in [4.78, 5) is 14.5. The molecule has 7 nitrogen and oxygen atoms in total. The van der Waals surface area contributed by atoms with Gasteiger partial charge in [0.05, 0.1) is 4.90 Å². The van der Waals surface area contributed by atoms with Crippen molar-refractivity contribution in [1.29, 1.82) is 0 Å². The molecule has 9 heteroatoms. The Morgan fingerprint density at radius 2 is 1.84 bits per heavy atom. The van der Waals surface area contributed by atoms with Crippen molar-refractivity contribution < 1.29 is 23.2 Å². The number of ether oxygens (including phenoxy) is 1. The van der Waals surface area contributed by atoms with Crippen LogP contribution in [0.1, 0.15) is 18.4 Å². The van der Waals surface area contributed by atoms with Crippen LogP contribution in [0.5, 0.6) is 11.5 Å². The van der Waals surface area contributed by atoms with E-state index < -0.39 is 20.5 Å². The van der Waals surface area contributed by atoms with Crippen LogP contribution in [0.15, 0.2) is 60.0 Å². The van der Waals surface area contributed by atoms with Crippen LogP contribution >= 0.6 is 11.6 Å². The number of nitrogens with zero attached hydrogens (tertiary/aromatic N) is 1. The molecule has 0 aromatic heterocycles. The number of hydrogen-bond donors (Lipinski definition) is 2. The van der Waals surface area contributed by atoms with Gasteiger partial charge in [-0.05, 0) is 67.8 Å². The predicted molar refractivity (Wildman–Crippen MR) is 118 cm³/mol. The molecule has 0 atom stereocenters. The molecular weight excluding hydrogens is 440 g/mol. The van der Waals surface area contributed by atoms with Gasteiger partial charge in [-0.25, -0.2) is 13.9 Å². The molecule has 2 N–H and O–H groups in total. The number of hydrogen-bond acceptors (Lipinski definition) is 6. The molecule has 3 rings (SSSR count). The first-order valence-electron chi connectivity index (χ1n) is 9.80. The Labute approximate surface area is 187 Å². The SMILES string of the molecule is C=CCN1CCC(C(=O)NO)(S(=O)(=O)c2ccc(Oc3ccc(Cl)c(C)c3)cc2)CC1. The average molecular weight is 465 g/mol. The molecule has 0 bridgehead atoms. The van der Waals surface area contributed by atoms with Gasteiger partial charge >= 0.3 is 0 Å². The third-order valence-corrected chi connectivity index (χ3v) is 8.52. The van der Waals surface area contributed by atoms with Crippen LogP contribution in [0.25, 0.3) is 0 Å². The van der Waals surface area contributed by atoms with E-state index in [4.69, 9.17) is 16.3 Å². The van der Waals surface area contributed by atoms with Crippen molar-refractivity contribution in [3.05, 3.63) is 65.7 Å².